The number of hydrogen-bond donors (Lipinski definition) is 1. The van der Waals surface area contributed by atoms with Gasteiger partial charge in [-0.3, -0.25) is 4.79 Å². The lowest BCUT2D eigenvalue weighted by molar-refractivity contribution is -0.158. The fourth-order valence-corrected chi connectivity index (χ4v) is 5.19. The standard InChI is InChI=1S/C32H64O2.H3N/c1-5-9-13-14-15-16-17-18-19-20-21-22-23-24-25-26-29-32(27-10-6-2,28-11-7-3)31(33)34-30-12-8-4;/h5-30H2,1-4H3;1H3. The maximum Gasteiger partial charge on any atom is 0.312 e. The van der Waals surface area contributed by atoms with Gasteiger partial charge in [-0.1, -0.05) is 163 Å². The largest absolute Gasteiger partial charge is 0.465 e. The van der Waals surface area contributed by atoms with Crippen molar-refractivity contribution in [2.45, 2.75) is 188 Å². The quantitative estimate of drug-likeness (QED) is 0.0906. The predicted octanol–water partition coefficient (Wildman–Crippen LogP) is 11.5. The van der Waals surface area contributed by atoms with Gasteiger partial charge in [-0.2, -0.15) is 0 Å². The SMILES string of the molecule is CCCCCCCCCCCCCCCCCCC(CCCC)(CCCC)C(=O)OCCCC.N. The van der Waals surface area contributed by atoms with Crippen LogP contribution < -0.4 is 6.15 Å². The summed E-state index contributed by atoms with van der Waals surface area (Å²) in [6.45, 7) is 9.53. The monoisotopic (exact) mass is 498 g/mol. The van der Waals surface area contributed by atoms with E-state index in [0.29, 0.717) is 6.61 Å². The highest BCUT2D eigenvalue weighted by Gasteiger charge is 2.38. The van der Waals surface area contributed by atoms with Crippen LogP contribution in [0.1, 0.15) is 188 Å². The van der Waals surface area contributed by atoms with Crippen molar-refractivity contribution in [3.63, 3.8) is 0 Å². The number of esters is 1. The highest BCUT2D eigenvalue weighted by Crippen LogP contribution is 2.38. The number of rotatable bonds is 27. The maximum atomic E-state index is 13.1. The Balaban J connectivity index is 0. The van der Waals surface area contributed by atoms with E-state index < -0.39 is 0 Å². The Morgan fingerprint density at radius 3 is 1.14 bits per heavy atom. The second-order valence-electron chi connectivity index (χ2n) is 11.0. The Kier molecular flexibility index (Phi) is 29.3. The molecule has 0 fully saturated rings. The van der Waals surface area contributed by atoms with Crippen LogP contribution >= 0.6 is 0 Å². The lowest BCUT2D eigenvalue weighted by Gasteiger charge is -2.32. The molecule has 0 aliphatic rings. The Bertz CT molecular complexity index is 416. The van der Waals surface area contributed by atoms with Gasteiger partial charge in [0, 0.05) is 0 Å². The molecule has 0 amide bonds. The highest BCUT2D eigenvalue weighted by molar-refractivity contribution is 5.76. The molecule has 0 unspecified atom stereocenters. The van der Waals surface area contributed by atoms with Crippen LogP contribution in [0, 0.1) is 5.41 Å². The van der Waals surface area contributed by atoms with Gasteiger partial charge >= 0.3 is 5.97 Å². The van der Waals surface area contributed by atoms with Crippen LogP contribution in [0.3, 0.4) is 0 Å². The average molecular weight is 498 g/mol. The second-order valence-corrected chi connectivity index (χ2v) is 11.0. The Morgan fingerprint density at radius 1 is 0.457 bits per heavy atom. The molecular weight excluding hydrogens is 430 g/mol. The minimum atomic E-state index is -0.213. The predicted molar refractivity (Wildman–Crippen MR) is 157 cm³/mol. The first kappa shape index (κ1) is 36.6. The zero-order chi connectivity index (χ0) is 25.2. The molecule has 0 aromatic heterocycles. The van der Waals surface area contributed by atoms with Crippen LogP contribution in [0.5, 0.6) is 0 Å². The third-order valence-electron chi connectivity index (χ3n) is 7.69. The van der Waals surface area contributed by atoms with E-state index in [0.717, 1.165) is 57.8 Å². The summed E-state index contributed by atoms with van der Waals surface area (Å²) in [5, 5.41) is 0. The third kappa shape index (κ3) is 21.2. The first-order chi connectivity index (χ1) is 16.7. The Morgan fingerprint density at radius 2 is 0.771 bits per heavy atom. The number of hydrogen-bond acceptors (Lipinski definition) is 3. The molecule has 0 bridgehead atoms. The minimum Gasteiger partial charge on any atom is -0.465 e. The molecule has 0 spiro atoms. The molecule has 3 N–H and O–H groups in total. The minimum absolute atomic E-state index is 0. The van der Waals surface area contributed by atoms with E-state index in [-0.39, 0.29) is 17.5 Å². The first-order valence-corrected chi connectivity index (χ1v) is 15.8. The lowest BCUT2D eigenvalue weighted by atomic mass is 9.74. The first-order valence-electron chi connectivity index (χ1n) is 15.8. The van der Waals surface area contributed by atoms with Gasteiger partial charge in [0.2, 0.25) is 0 Å². The van der Waals surface area contributed by atoms with Gasteiger partial charge in [-0.05, 0) is 25.7 Å². The topological polar surface area (TPSA) is 61.3 Å². The number of ether oxygens (including phenoxy) is 1. The molecule has 0 rings (SSSR count). The summed E-state index contributed by atoms with van der Waals surface area (Å²) < 4.78 is 5.78. The summed E-state index contributed by atoms with van der Waals surface area (Å²) in [6.07, 6.45) is 32.1. The van der Waals surface area contributed by atoms with E-state index in [2.05, 4.69) is 27.7 Å². The molecule has 0 aromatic rings. The number of carbonyl (C=O) groups is 1. The Hall–Kier alpha value is -0.570. The molecule has 0 aliphatic heterocycles. The van der Waals surface area contributed by atoms with E-state index in [1.54, 1.807) is 0 Å². The third-order valence-corrected chi connectivity index (χ3v) is 7.69. The zero-order valence-electron chi connectivity index (χ0n) is 24.9. The smallest absolute Gasteiger partial charge is 0.312 e. The maximum absolute atomic E-state index is 13.1. The number of unbranched alkanes of at least 4 members (excludes halogenated alkanes) is 18. The van der Waals surface area contributed by atoms with Crippen LogP contribution in [0.2, 0.25) is 0 Å². The molecule has 0 aliphatic carbocycles. The molecule has 0 atom stereocenters. The van der Waals surface area contributed by atoms with Crippen molar-refractivity contribution >= 4 is 5.97 Å². The molecule has 0 aromatic carbocycles. The van der Waals surface area contributed by atoms with Crippen molar-refractivity contribution in [3.8, 4) is 0 Å². The summed E-state index contributed by atoms with van der Waals surface area (Å²) in [5.74, 6) is 0.115. The molecule has 3 nitrogen and oxygen atoms in total. The van der Waals surface area contributed by atoms with E-state index in [9.17, 15) is 4.79 Å². The lowest BCUT2D eigenvalue weighted by Crippen LogP contribution is -2.33. The summed E-state index contributed by atoms with van der Waals surface area (Å²) in [7, 11) is 0. The van der Waals surface area contributed by atoms with Gasteiger partial charge < -0.3 is 10.9 Å². The number of carbonyl (C=O) groups excluding carboxylic acids is 1. The van der Waals surface area contributed by atoms with Gasteiger partial charge in [-0.15, -0.1) is 0 Å². The molecule has 3 heteroatoms. The average Bonchev–Trinajstić information content (AvgIpc) is 2.85. The molecule has 0 radical (unpaired) electrons. The van der Waals surface area contributed by atoms with Crippen LogP contribution in [0.15, 0.2) is 0 Å². The van der Waals surface area contributed by atoms with Gasteiger partial charge in [0.15, 0.2) is 0 Å². The molecule has 0 saturated heterocycles. The summed E-state index contributed by atoms with van der Waals surface area (Å²) >= 11 is 0. The summed E-state index contributed by atoms with van der Waals surface area (Å²) in [6, 6.07) is 0. The van der Waals surface area contributed by atoms with Gasteiger partial charge in [0.05, 0.1) is 12.0 Å². The van der Waals surface area contributed by atoms with Crippen LogP contribution in [0.25, 0.3) is 0 Å². The van der Waals surface area contributed by atoms with E-state index in [4.69, 9.17) is 4.74 Å². The highest BCUT2D eigenvalue weighted by atomic mass is 16.5. The van der Waals surface area contributed by atoms with Gasteiger partial charge in [0.25, 0.3) is 0 Å². The van der Waals surface area contributed by atoms with Gasteiger partial charge in [-0.25, -0.2) is 0 Å². The molecule has 35 heavy (non-hydrogen) atoms. The second kappa shape index (κ2) is 28.0. The van der Waals surface area contributed by atoms with Crippen molar-refractivity contribution in [1.29, 1.82) is 0 Å². The van der Waals surface area contributed by atoms with Crippen molar-refractivity contribution in [2.75, 3.05) is 6.61 Å². The molecular formula is C32H67NO2. The van der Waals surface area contributed by atoms with Crippen molar-refractivity contribution in [3.05, 3.63) is 0 Å². The van der Waals surface area contributed by atoms with Crippen molar-refractivity contribution in [1.82, 2.24) is 6.15 Å². The van der Waals surface area contributed by atoms with Crippen LogP contribution in [-0.2, 0) is 9.53 Å². The fourth-order valence-electron chi connectivity index (χ4n) is 5.19. The Labute approximate surface area is 221 Å². The van der Waals surface area contributed by atoms with Crippen LogP contribution in [-0.4, -0.2) is 12.6 Å². The summed E-state index contributed by atoms with van der Waals surface area (Å²) in [4.78, 5) is 13.1. The molecule has 0 saturated carbocycles. The molecule has 0 heterocycles. The molecule has 212 valence electrons. The zero-order valence-corrected chi connectivity index (χ0v) is 24.9. The van der Waals surface area contributed by atoms with E-state index in [1.807, 2.05) is 0 Å². The fraction of sp³-hybridized carbons (Fsp3) is 0.969. The van der Waals surface area contributed by atoms with E-state index >= 15 is 0 Å². The van der Waals surface area contributed by atoms with Crippen molar-refractivity contribution in [2.24, 2.45) is 5.41 Å². The van der Waals surface area contributed by atoms with Gasteiger partial charge in [0.1, 0.15) is 0 Å². The summed E-state index contributed by atoms with van der Waals surface area (Å²) in [5.41, 5.74) is -0.213. The van der Waals surface area contributed by atoms with Crippen LogP contribution in [0.4, 0.5) is 0 Å². The van der Waals surface area contributed by atoms with E-state index in [1.165, 1.54) is 103 Å². The normalized spacial score (nSPS) is 11.4. The van der Waals surface area contributed by atoms with Crippen molar-refractivity contribution < 1.29 is 9.53 Å².